The van der Waals surface area contributed by atoms with Crippen molar-refractivity contribution in [1.29, 1.82) is 0 Å². The van der Waals surface area contributed by atoms with E-state index < -0.39 is 6.67 Å². The van der Waals surface area contributed by atoms with Crippen molar-refractivity contribution in [1.82, 2.24) is 4.90 Å². The quantitative estimate of drug-likeness (QED) is 0.766. The number of imide groups is 1. The summed E-state index contributed by atoms with van der Waals surface area (Å²) in [7, 11) is 0. The monoisotopic (exact) mass is 251 g/mol. The molecule has 1 saturated heterocycles. The molecule has 1 fully saturated rings. The first-order chi connectivity index (χ1) is 8.72. The first-order valence-corrected chi connectivity index (χ1v) is 5.86. The number of amides is 2. The fraction of sp³-hybridized carbons (Fsp3) is 0.385. The average molecular weight is 251 g/mol. The van der Waals surface area contributed by atoms with Crippen LogP contribution in [0.3, 0.4) is 0 Å². The maximum absolute atomic E-state index is 12.0. The van der Waals surface area contributed by atoms with Gasteiger partial charge in [0.25, 0.3) is 5.91 Å². The molecule has 5 heteroatoms. The second-order valence-electron chi connectivity index (χ2n) is 4.02. The lowest BCUT2D eigenvalue weighted by Gasteiger charge is -2.13. The van der Waals surface area contributed by atoms with Crippen molar-refractivity contribution in [2.45, 2.75) is 12.8 Å². The molecule has 96 valence electrons. The van der Waals surface area contributed by atoms with Gasteiger partial charge in [0.2, 0.25) is 5.91 Å². The number of likely N-dealkylation sites (tertiary alicyclic amines) is 1. The molecule has 0 unspecified atom stereocenters. The van der Waals surface area contributed by atoms with Crippen molar-refractivity contribution in [3.63, 3.8) is 0 Å². The Bertz CT molecular complexity index is 444. The van der Waals surface area contributed by atoms with Crippen molar-refractivity contribution in [3.05, 3.63) is 29.8 Å². The van der Waals surface area contributed by atoms with E-state index in [1.807, 2.05) is 0 Å². The molecule has 1 aromatic rings. The number of halogens is 1. The van der Waals surface area contributed by atoms with Crippen LogP contribution in [0.4, 0.5) is 4.39 Å². The van der Waals surface area contributed by atoms with Gasteiger partial charge in [-0.25, -0.2) is 4.39 Å². The summed E-state index contributed by atoms with van der Waals surface area (Å²) < 4.78 is 17.0. The number of hydrogen-bond acceptors (Lipinski definition) is 3. The Hall–Kier alpha value is -1.91. The molecule has 0 atom stereocenters. The Labute approximate surface area is 104 Å². The van der Waals surface area contributed by atoms with Crippen LogP contribution in [0.5, 0.6) is 5.75 Å². The number of carbonyl (C=O) groups excluding carboxylic acids is 2. The predicted octanol–water partition coefficient (Wildman–Crippen LogP) is 1.80. The van der Waals surface area contributed by atoms with Crippen LogP contribution in [0.2, 0.25) is 0 Å². The minimum Gasteiger partial charge on any atom is -0.491 e. The van der Waals surface area contributed by atoms with Gasteiger partial charge in [0.05, 0.1) is 0 Å². The Kier molecular flexibility index (Phi) is 3.92. The third-order valence-electron chi connectivity index (χ3n) is 2.77. The van der Waals surface area contributed by atoms with Crippen molar-refractivity contribution < 1.29 is 18.7 Å². The highest BCUT2D eigenvalue weighted by Crippen LogP contribution is 2.17. The van der Waals surface area contributed by atoms with Gasteiger partial charge < -0.3 is 4.74 Å². The van der Waals surface area contributed by atoms with E-state index in [4.69, 9.17) is 4.74 Å². The summed E-state index contributed by atoms with van der Waals surface area (Å²) in [6.07, 6.45) is 1.16. The van der Waals surface area contributed by atoms with Crippen LogP contribution >= 0.6 is 0 Å². The maximum Gasteiger partial charge on any atom is 0.260 e. The third kappa shape index (κ3) is 2.67. The first kappa shape index (κ1) is 12.5. The van der Waals surface area contributed by atoms with Gasteiger partial charge in [-0.05, 0) is 30.7 Å². The molecule has 18 heavy (non-hydrogen) atoms. The highest BCUT2D eigenvalue weighted by Gasteiger charge is 2.27. The summed E-state index contributed by atoms with van der Waals surface area (Å²) >= 11 is 0. The Morgan fingerprint density at radius 2 is 2.06 bits per heavy atom. The fourth-order valence-electron chi connectivity index (χ4n) is 1.87. The molecule has 1 aliphatic rings. The van der Waals surface area contributed by atoms with E-state index in [1.54, 1.807) is 24.3 Å². The Balaban J connectivity index is 2.04. The fourth-order valence-corrected chi connectivity index (χ4v) is 1.87. The molecule has 0 spiro atoms. The van der Waals surface area contributed by atoms with Gasteiger partial charge in [-0.15, -0.1) is 0 Å². The van der Waals surface area contributed by atoms with Gasteiger partial charge >= 0.3 is 0 Å². The molecule has 1 aliphatic heterocycles. The molecule has 4 nitrogen and oxygen atoms in total. The minimum absolute atomic E-state index is 0.00208. The third-order valence-corrected chi connectivity index (χ3v) is 2.77. The van der Waals surface area contributed by atoms with Gasteiger partial charge in [-0.2, -0.15) is 0 Å². The lowest BCUT2D eigenvalue weighted by atomic mass is 10.2. The lowest BCUT2D eigenvalue weighted by molar-refractivity contribution is -0.125. The van der Waals surface area contributed by atoms with Gasteiger partial charge in [-0.3, -0.25) is 14.5 Å². The summed E-state index contributed by atoms with van der Waals surface area (Å²) in [6.45, 7) is -0.0708. The van der Waals surface area contributed by atoms with E-state index in [1.165, 1.54) is 4.90 Å². The number of nitrogens with zero attached hydrogens (tertiary/aromatic N) is 1. The van der Waals surface area contributed by atoms with Crippen LogP contribution < -0.4 is 4.74 Å². The molecule has 0 aromatic heterocycles. The summed E-state index contributed by atoms with van der Waals surface area (Å²) in [6, 6.07) is 6.37. The van der Waals surface area contributed by atoms with Crippen LogP contribution in [0.15, 0.2) is 24.3 Å². The van der Waals surface area contributed by atoms with Crippen molar-refractivity contribution in [2.75, 3.05) is 19.8 Å². The summed E-state index contributed by atoms with van der Waals surface area (Å²) in [4.78, 5) is 24.7. The highest BCUT2D eigenvalue weighted by atomic mass is 19.1. The molecule has 2 amide bonds. The van der Waals surface area contributed by atoms with Crippen LogP contribution in [0.1, 0.15) is 23.2 Å². The zero-order chi connectivity index (χ0) is 13.0. The topological polar surface area (TPSA) is 46.6 Å². The number of alkyl halides is 1. The van der Waals surface area contributed by atoms with Gasteiger partial charge in [0, 0.05) is 18.5 Å². The van der Waals surface area contributed by atoms with E-state index in [9.17, 15) is 14.0 Å². The number of ether oxygens (including phenoxy) is 1. The molecule has 0 saturated carbocycles. The van der Waals surface area contributed by atoms with Gasteiger partial charge in [-0.1, -0.05) is 0 Å². The number of rotatable bonds is 4. The van der Waals surface area contributed by atoms with Crippen LogP contribution in [-0.2, 0) is 4.79 Å². The minimum atomic E-state index is -0.553. The standard InChI is InChI=1S/C13H14FNO3/c14-7-9-18-11-5-3-10(4-6-11)13(17)15-8-1-2-12(15)16/h3-6H,1-2,7-9H2. The molecule has 1 heterocycles. The SMILES string of the molecule is O=C1CCCN1C(=O)c1ccc(OCCF)cc1. The molecule has 0 aliphatic carbocycles. The maximum atomic E-state index is 12.0. The van der Waals surface area contributed by atoms with Crippen molar-refractivity contribution in [3.8, 4) is 5.75 Å². The molecule has 1 aromatic carbocycles. The predicted molar refractivity (Wildman–Crippen MR) is 63.2 cm³/mol. The molecular weight excluding hydrogens is 237 g/mol. The number of benzene rings is 1. The summed E-state index contributed by atoms with van der Waals surface area (Å²) in [5.41, 5.74) is 0.442. The molecule has 2 rings (SSSR count). The van der Waals surface area contributed by atoms with Crippen LogP contribution in [0.25, 0.3) is 0 Å². The normalized spacial score (nSPS) is 14.9. The first-order valence-electron chi connectivity index (χ1n) is 5.86. The average Bonchev–Trinajstić information content (AvgIpc) is 2.82. The van der Waals surface area contributed by atoms with E-state index in [-0.39, 0.29) is 18.4 Å². The van der Waals surface area contributed by atoms with Crippen molar-refractivity contribution >= 4 is 11.8 Å². The lowest BCUT2D eigenvalue weighted by Crippen LogP contribution is -2.31. The highest BCUT2D eigenvalue weighted by molar-refractivity contribution is 6.05. The second-order valence-corrected chi connectivity index (χ2v) is 4.02. The smallest absolute Gasteiger partial charge is 0.260 e. The Morgan fingerprint density at radius 3 is 2.61 bits per heavy atom. The number of carbonyl (C=O) groups is 2. The van der Waals surface area contributed by atoms with Crippen molar-refractivity contribution in [2.24, 2.45) is 0 Å². The zero-order valence-corrected chi connectivity index (χ0v) is 9.89. The summed E-state index contributed by atoms with van der Waals surface area (Å²) in [5.74, 6) is 0.101. The molecule has 0 N–H and O–H groups in total. The van der Waals surface area contributed by atoms with E-state index in [0.29, 0.717) is 24.3 Å². The number of hydrogen-bond donors (Lipinski definition) is 0. The second kappa shape index (κ2) is 5.62. The molecule has 0 bridgehead atoms. The zero-order valence-electron chi connectivity index (χ0n) is 9.89. The van der Waals surface area contributed by atoms with E-state index in [0.717, 1.165) is 6.42 Å². The van der Waals surface area contributed by atoms with Gasteiger partial charge in [0.15, 0.2) is 0 Å². The van der Waals surface area contributed by atoms with E-state index >= 15 is 0 Å². The molecule has 0 radical (unpaired) electrons. The van der Waals surface area contributed by atoms with Gasteiger partial charge in [0.1, 0.15) is 19.0 Å². The van der Waals surface area contributed by atoms with Crippen LogP contribution in [-0.4, -0.2) is 36.5 Å². The van der Waals surface area contributed by atoms with Crippen LogP contribution in [0, 0.1) is 0 Å². The molecular formula is C13H14FNO3. The summed E-state index contributed by atoms with van der Waals surface area (Å²) in [5, 5.41) is 0. The van der Waals surface area contributed by atoms with E-state index in [2.05, 4.69) is 0 Å². The largest absolute Gasteiger partial charge is 0.491 e. The Morgan fingerprint density at radius 1 is 1.33 bits per heavy atom.